The van der Waals surface area contributed by atoms with Crippen LogP contribution in [-0.2, 0) is 14.8 Å². The van der Waals surface area contributed by atoms with E-state index < -0.39 is 21.8 Å². The van der Waals surface area contributed by atoms with Crippen LogP contribution in [0, 0.1) is 19.8 Å². The molecule has 136 valence electrons. The molecule has 1 fully saturated rings. The van der Waals surface area contributed by atoms with E-state index >= 15 is 0 Å². The van der Waals surface area contributed by atoms with Crippen LogP contribution in [0.2, 0.25) is 0 Å². The van der Waals surface area contributed by atoms with Gasteiger partial charge in [-0.2, -0.15) is 0 Å². The maximum atomic E-state index is 12.4. The van der Waals surface area contributed by atoms with Crippen LogP contribution in [0.1, 0.15) is 28.4 Å². The predicted octanol–water partition coefficient (Wildman–Crippen LogP) is 2.87. The molecule has 2 aromatic carbocycles. The summed E-state index contributed by atoms with van der Waals surface area (Å²) in [6, 6.07) is 11.6. The Kier molecular flexibility index (Phi) is 4.58. The molecule has 1 N–H and O–H groups in total. The van der Waals surface area contributed by atoms with Gasteiger partial charge in [0.05, 0.1) is 17.4 Å². The van der Waals surface area contributed by atoms with Gasteiger partial charge in [0.2, 0.25) is 15.9 Å². The number of nitrogens with zero attached hydrogens (tertiary/aromatic N) is 1. The molecule has 3 rings (SSSR count). The number of aryl methyl sites for hydroxylation is 1. The summed E-state index contributed by atoms with van der Waals surface area (Å²) in [4.78, 5) is 24.6. The summed E-state index contributed by atoms with van der Waals surface area (Å²) in [5.41, 5.74) is 3.42. The Balaban J connectivity index is 1.83. The van der Waals surface area contributed by atoms with Gasteiger partial charge in [0.15, 0.2) is 0 Å². The molecule has 1 atom stereocenters. The van der Waals surface area contributed by atoms with Crippen molar-refractivity contribution in [2.24, 2.45) is 5.92 Å². The number of hydrogen-bond acceptors (Lipinski definition) is 4. The molecule has 0 unspecified atom stereocenters. The normalized spacial score (nSPS) is 18.8. The van der Waals surface area contributed by atoms with Crippen LogP contribution in [0.15, 0.2) is 42.5 Å². The van der Waals surface area contributed by atoms with Crippen LogP contribution in [0.5, 0.6) is 0 Å². The quantitative estimate of drug-likeness (QED) is 0.898. The molecular formula is C19H20N2O4S. The smallest absolute Gasteiger partial charge is 0.255 e. The lowest BCUT2D eigenvalue weighted by Gasteiger charge is -2.16. The Bertz CT molecular complexity index is 981. The molecule has 2 amide bonds. The highest BCUT2D eigenvalue weighted by Crippen LogP contribution is 2.28. The van der Waals surface area contributed by atoms with Gasteiger partial charge < -0.3 is 5.32 Å². The van der Waals surface area contributed by atoms with E-state index in [1.54, 1.807) is 6.92 Å². The second-order valence-corrected chi connectivity index (χ2v) is 8.39. The van der Waals surface area contributed by atoms with E-state index in [1.165, 1.54) is 24.3 Å². The fraction of sp³-hybridized carbons (Fsp3) is 0.263. The summed E-state index contributed by atoms with van der Waals surface area (Å²) >= 11 is 0. The Labute approximate surface area is 152 Å². The molecule has 2 aromatic rings. The van der Waals surface area contributed by atoms with Gasteiger partial charge >= 0.3 is 0 Å². The van der Waals surface area contributed by atoms with Crippen molar-refractivity contribution in [3.63, 3.8) is 0 Å². The van der Waals surface area contributed by atoms with Crippen molar-refractivity contribution >= 4 is 33.2 Å². The number of amides is 2. The topological polar surface area (TPSA) is 83.6 Å². The summed E-state index contributed by atoms with van der Waals surface area (Å²) < 4.78 is 25.1. The van der Waals surface area contributed by atoms with E-state index in [9.17, 15) is 18.0 Å². The lowest BCUT2D eigenvalue weighted by atomic mass is 10.1. The highest BCUT2D eigenvalue weighted by Gasteiger charge is 2.41. The van der Waals surface area contributed by atoms with Crippen molar-refractivity contribution in [3.8, 4) is 0 Å². The highest BCUT2D eigenvalue weighted by molar-refractivity contribution is 7.94. The lowest BCUT2D eigenvalue weighted by Crippen LogP contribution is -2.30. The minimum Gasteiger partial charge on any atom is -0.322 e. The molecule has 1 heterocycles. The second kappa shape index (κ2) is 6.57. The summed E-state index contributed by atoms with van der Waals surface area (Å²) in [5, 5.41) is 2.85. The molecule has 1 aliphatic heterocycles. The number of carbonyl (C=O) groups is 2. The first-order valence-corrected chi connectivity index (χ1v) is 9.86. The number of nitrogens with one attached hydrogen (secondary N) is 1. The average molecular weight is 372 g/mol. The molecule has 0 aromatic heterocycles. The van der Waals surface area contributed by atoms with E-state index in [0.717, 1.165) is 21.1 Å². The number of sulfonamides is 1. The first-order chi connectivity index (χ1) is 12.2. The molecule has 1 saturated heterocycles. The van der Waals surface area contributed by atoms with Gasteiger partial charge in [-0.1, -0.05) is 19.1 Å². The predicted molar refractivity (Wildman–Crippen MR) is 101 cm³/mol. The number of hydrogen-bond donors (Lipinski definition) is 1. The maximum Gasteiger partial charge on any atom is 0.255 e. The van der Waals surface area contributed by atoms with E-state index in [2.05, 4.69) is 5.32 Å². The standard InChI is InChI=1S/C19H20N2O4S/c1-12-5-4-6-17(14(12)3)20-18(22)15-7-9-16(10-8-15)21-19(23)13(2)11-26(21,24)25/h4-10,13H,11H2,1-3H3,(H,20,22)/t13-/m1/s1. The van der Waals surface area contributed by atoms with Crippen molar-refractivity contribution in [1.29, 1.82) is 0 Å². The van der Waals surface area contributed by atoms with E-state index in [0.29, 0.717) is 5.56 Å². The van der Waals surface area contributed by atoms with Crippen LogP contribution in [0.4, 0.5) is 11.4 Å². The van der Waals surface area contributed by atoms with Crippen molar-refractivity contribution < 1.29 is 18.0 Å². The highest BCUT2D eigenvalue weighted by atomic mass is 32.2. The van der Waals surface area contributed by atoms with Crippen LogP contribution in [0.3, 0.4) is 0 Å². The molecule has 0 saturated carbocycles. The monoisotopic (exact) mass is 372 g/mol. The average Bonchev–Trinajstić information content (AvgIpc) is 2.79. The van der Waals surface area contributed by atoms with Gasteiger partial charge in [-0.05, 0) is 55.3 Å². The summed E-state index contributed by atoms with van der Waals surface area (Å²) in [5.74, 6) is -1.50. The molecule has 6 nitrogen and oxygen atoms in total. The Hall–Kier alpha value is -2.67. The third-order valence-corrected chi connectivity index (χ3v) is 6.45. The minimum absolute atomic E-state index is 0.194. The fourth-order valence-electron chi connectivity index (χ4n) is 2.92. The van der Waals surface area contributed by atoms with Crippen molar-refractivity contribution in [1.82, 2.24) is 0 Å². The van der Waals surface area contributed by atoms with E-state index in [1.807, 2.05) is 32.0 Å². The number of carbonyl (C=O) groups excluding carboxylic acids is 2. The number of rotatable bonds is 3. The zero-order valence-electron chi connectivity index (χ0n) is 14.8. The van der Waals surface area contributed by atoms with Crippen LogP contribution >= 0.6 is 0 Å². The number of anilines is 2. The third kappa shape index (κ3) is 3.22. The van der Waals surface area contributed by atoms with Gasteiger partial charge in [0, 0.05) is 11.3 Å². The fourth-order valence-corrected chi connectivity index (χ4v) is 4.74. The maximum absolute atomic E-state index is 12.4. The molecule has 7 heteroatoms. The zero-order chi connectivity index (χ0) is 19.1. The van der Waals surface area contributed by atoms with Crippen LogP contribution in [-0.4, -0.2) is 26.0 Å². The molecule has 0 aliphatic carbocycles. The van der Waals surface area contributed by atoms with Crippen molar-refractivity contribution in [2.75, 3.05) is 15.4 Å². The first kappa shape index (κ1) is 18.1. The van der Waals surface area contributed by atoms with Crippen molar-refractivity contribution in [2.45, 2.75) is 20.8 Å². The molecule has 26 heavy (non-hydrogen) atoms. The van der Waals surface area contributed by atoms with Crippen LogP contribution < -0.4 is 9.62 Å². The molecule has 0 spiro atoms. The largest absolute Gasteiger partial charge is 0.322 e. The SMILES string of the molecule is Cc1cccc(NC(=O)c2ccc(N3C(=O)[C@H](C)CS3(=O)=O)cc2)c1C. The van der Waals surface area contributed by atoms with E-state index in [-0.39, 0.29) is 17.3 Å². The zero-order valence-corrected chi connectivity index (χ0v) is 15.6. The van der Waals surface area contributed by atoms with Crippen molar-refractivity contribution in [3.05, 3.63) is 59.2 Å². The summed E-state index contributed by atoms with van der Waals surface area (Å²) in [6.07, 6.45) is 0. The lowest BCUT2D eigenvalue weighted by molar-refractivity contribution is -0.119. The Morgan fingerprint density at radius 1 is 1.12 bits per heavy atom. The molecule has 0 bridgehead atoms. The van der Waals surface area contributed by atoms with Gasteiger partial charge in [-0.25, -0.2) is 12.7 Å². The van der Waals surface area contributed by atoms with Gasteiger partial charge in [-0.3, -0.25) is 9.59 Å². The molecule has 1 aliphatic rings. The minimum atomic E-state index is -3.65. The summed E-state index contributed by atoms with van der Waals surface area (Å²) in [6.45, 7) is 5.49. The second-order valence-electron chi connectivity index (χ2n) is 6.53. The first-order valence-electron chi connectivity index (χ1n) is 8.25. The van der Waals surface area contributed by atoms with Crippen LogP contribution in [0.25, 0.3) is 0 Å². The summed E-state index contributed by atoms with van der Waals surface area (Å²) in [7, 11) is -3.65. The van der Waals surface area contributed by atoms with Gasteiger partial charge in [0.25, 0.3) is 5.91 Å². The Morgan fingerprint density at radius 3 is 2.35 bits per heavy atom. The van der Waals surface area contributed by atoms with E-state index in [4.69, 9.17) is 0 Å². The molecular weight excluding hydrogens is 352 g/mol. The van der Waals surface area contributed by atoms with Gasteiger partial charge in [-0.15, -0.1) is 0 Å². The Morgan fingerprint density at radius 2 is 1.77 bits per heavy atom. The number of benzene rings is 2. The third-order valence-electron chi connectivity index (χ3n) is 4.58. The molecule has 0 radical (unpaired) electrons. The van der Waals surface area contributed by atoms with Gasteiger partial charge in [0.1, 0.15) is 0 Å².